The zero-order valence-corrected chi connectivity index (χ0v) is 11.5. The van der Waals surface area contributed by atoms with Crippen LogP contribution in [0.25, 0.3) is 0 Å². The predicted molar refractivity (Wildman–Crippen MR) is 74.0 cm³/mol. The van der Waals surface area contributed by atoms with Crippen molar-refractivity contribution in [3.8, 4) is 5.75 Å². The molecule has 0 aliphatic heterocycles. The SMILES string of the molecule is CCOC(=O)CCCNc1ccc(OC)cc1[N+](=O)[O-]. The Labute approximate surface area is 117 Å². The van der Waals surface area contributed by atoms with E-state index in [4.69, 9.17) is 9.47 Å². The molecule has 0 aromatic heterocycles. The Morgan fingerprint density at radius 1 is 1.45 bits per heavy atom. The van der Waals surface area contributed by atoms with Gasteiger partial charge in [0.15, 0.2) is 0 Å². The van der Waals surface area contributed by atoms with Gasteiger partial charge in [0.05, 0.1) is 24.7 Å². The Morgan fingerprint density at radius 3 is 2.80 bits per heavy atom. The van der Waals surface area contributed by atoms with Crippen LogP contribution in [0.4, 0.5) is 11.4 Å². The maximum Gasteiger partial charge on any atom is 0.305 e. The second kappa shape index (κ2) is 7.98. The van der Waals surface area contributed by atoms with E-state index < -0.39 is 4.92 Å². The van der Waals surface area contributed by atoms with Crippen molar-refractivity contribution in [2.45, 2.75) is 19.8 Å². The van der Waals surface area contributed by atoms with Gasteiger partial charge in [-0.05, 0) is 25.5 Å². The van der Waals surface area contributed by atoms with E-state index in [1.54, 1.807) is 19.1 Å². The molecular weight excluding hydrogens is 264 g/mol. The summed E-state index contributed by atoms with van der Waals surface area (Å²) in [5.74, 6) is 0.160. The number of carbonyl (C=O) groups excluding carboxylic acids is 1. The van der Waals surface area contributed by atoms with Crippen LogP contribution in [-0.2, 0) is 9.53 Å². The number of nitro groups is 1. The van der Waals surface area contributed by atoms with Gasteiger partial charge in [-0.25, -0.2) is 0 Å². The Kier molecular flexibility index (Phi) is 6.28. The molecule has 0 radical (unpaired) electrons. The first-order valence-corrected chi connectivity index (χ1v) is 6.30. The lowest BCUT2D eigenvalue weighted by Crippen LogP contribution is -2.09. The summed E-state index contributed by atoms with van der Waals surface area (Å²) < 4.78 is 9.75. The molecular formula is C13H18N2O5. The minimum Gasteiger partial charge on any atom is -0.496 e. The normalized spacial score (nSPS) is 9.90. The highest BCUT2D eigenvalue weighted by Crippen LogP contribution is 2.28. The molecule has 0 saturated carbocycles. The molecule has 7 nitrogen and oxygen atoms in total. The van der Waals surface area contributed by atoms with Crippen molar-refractivity contribution in [1.29, 1.82) is 0 Å². The lowest BCUT2D eigenvalue weighted by molar-refractivity contribution is -0.384. The quantitative estimate of drug-likeness (QED) is 0.340. The van der Waals surface area contributed by atoms with E-state index in [2.05, 4.69) is 5.32 Å². The molecule has 0 aliphatic rings. The number of rotatable bonds is 8. The third kappa shape index (κ3) is 4.75. The fourth-order valence-electron chi connectivity index (χ4n) is 1.63. The summed E-state index contributed by atoms with van der Waals surface area (Å²) >= 11 is 0. The molecule has 0 bridgehead atoms. The number of anilines is 1. The number of nitrogens with one attached hydrogen (secondary N) is 1. The average molecular weight is 282 g/mol. The van der Waals surface area contributed by atoms with E-state index in [0.29, 0.717) is 31.0 Å². The van der Waals surface area contributed by atoms with E-state index in [1.165, 1.54) is 13.2 Å². The number of methoxy groups -OCH3 is 1. The first kappa shape index (κ1) is 15.7. The minimum absolute atomic E-state index is 0.0551. The third-order valence-corrected chi connectivity index (χ3v) is 2.58. The molecule has 1 rings (SSSR count). The van der Waals surface area contributed by atoms with Crippen LogP contribution in [0.3, 0.4) is 0 Å². The molecule has 0 amide bonds. The van der Waals surface area contributed by atoms with Crippen LogP contribution in [0.15, 0.2) is 18.2 Å². The van der Waals surface area contributed by atoms with Crippen LogP contribution in [0.5, 0.6) is 5.75 Å². The standard InChI is InChI=1S/C13H18N2O5/c1-3-20-13(16)5-4-8-14-11-7-6-10(19-2)9-12(11)15(17)18/h6-7,9,14H,3-5,8H2,1-2H3. The van der Waals surface area contributed by atoms with Gasteiger partial charge in [-0.3, -0.25) is 14.9 Å². The minimum atomic E-state index is -0.476. The molecule has 0 fully saturated rings. The fraction of sp³-hybridized carbons (Fsp3) is 0.462. The number of hydrogen-bond donors (Lipinski definition) is 1. The average Bonchev–Trinajstić information content (AvgIpc) is 2.43. The van der Waals surface area contributed by atoms with E-state index >= 15 is 0 Å². The van der Waals surface area contributed by atoms with Crippen molar-refractivity contribution in [2.24, 2.45) is 0 Å². The van der Waals surface area contributed by atoms with Gasteiger partial charge in [-0.2, -0.15) is 0 Å². The molecule has 0 aliphatic carbocycles. The molecule has 0 unspecified atom stereocenters. The summed E-state index contributed by atoms with van der Waals surface area (Å²) in [5.41, 5.74) is 0.347. The zero-order chi connectivity index (χ0) is 15.0. The van der Waals surface area contributed by atoms with Crippen LogP contribution in [0.1, 0.15) is 19.8 Å². The Hall–Kier alpha value is -2.31. The number of nitrogens with zero attached hydrogens (tertiary/aromatic N) is 1. The van der Waals surface area contributed by atoms with Gasteiger partial charge in [0.1, 0.15) is 11.4 Å². The summed E-state index contributed by atoms with van der Waals surface area (Å²) in [6.45, 7) is 2.55. The van der Waals surface area contributed by atoms with Crippen LogP contribution in [-0.4, -0.2) is 31.2 Å². The summed E-state index contributed by atoms with van der Waals surface area (Å²) in [7, 11) is 1.45. The van der Waals surface area contributed by atoms with E-state index in [-0.39, 0.29) is 18.1 Å². The number of esters is 1. The molecule has 0 heterocycles. The highest BCUT2D eigenvalue weighted by Gasteiger charge is 2.14. The number of carbonyl (C=O) groups is 1. The molecule has 110 valence electrons. The largest absolute Gasteiger partial charge is 0.496 e. The molecule has 1 aromatic rings. The van der Waals surface area contributed by atoms with Crippen molar-refractivity contribution in [2.75, 3.05) is 25.6 Å². The topological polar surface area (TPSA) is 90.7 Å². The molecule has 0 atom stereocenters. The number of nitro benzene ring substituents is 1. The van der Waals surface area contributed by atoms with Crippen molar-refractivity contribution in [3.63, 3.8) is 0 Å². The first-order chi connectivity index (χ1) is 9.58. The van der Waals surface area contributed by atoms with Crippen molar-refractivity contribution in [3.05, 3.63) is 28.3 Å². The van der Waals surface area contributed by atoms with Crippen LogP contribution >= 0.6 is 0 Å². The highest BCUT2D eigenvalue weighted by atomic mass is 16.6. The van der Waals surface area contributed by atoms with Gasteiger partial charge in [0, 0.05) is 13.0 Å². The van der Waals surface area contributed by atoms with E-state index in [0.717, 1.165) is 0 Å². The van der Waals surface area contributed by atoms with Crippen LogP contribution in [0, 0.1) is 10.1 Å². The maximum absolute atomic E-state index is 11.1. The second-order valence-corrected chi connectivity index (χ2v) is 3.98. The molecule has 7 heteroatoms. The Bertz CT molecular complexity index is 476. The molecule has 0 spiro atoms. The number of benzene rings is 1. The molecule has 1 N–H and O–H groups in total. The van der Waals surface area contributed by atoms with Crippen LogP contribution < -0.4 is 10.1 Å². The third-order valence-electron chi connectivity index (χ3n) is 2.58. The molecule has 1 aromatic carbocycles. The van der Waals surface area contributed by atoms with Gasteiger partial charge in [-0.1, -0.05) is 0 Å². The predicted octanol–water partition coefficient (Wildman–Crippen LogP) is 2.36. The number of hydrogen-bond acceptors (Lipinski definition) is 6. The highest BCUT2D eigenvalue weighted by molar-refractivity contribution is 5.69. The lowest BCUT2D eigenvalue weighted by atomic mass is 10.2. The second-order valence-electron chi connectivity index (χ2n) is 3.98. The van der Waals surface area contributed by atoms with Gasteiger partial charge in [0.25, 0.3) is 5.69 Å². The Morgan fingerprint density at radius 2 is 2.20 bits per heavy atom. The Balaban J connectivity index is 2.55. The summed E-state index contributed by atoms with van der Waals surface area (Å²) in [4.78, 5) is 21.6. The van der Waals surface area contributed by atoms with Gasteiger partial charge in [-0.15, -0.1) is 0 Å². The monoisotopic (exact) mass is 282 g/mol. The molecule has 0 saturated heterocycles. The summed E-state index contributed by atoms with van der Waals surface area (Å²) in [6, 6.07) is 4.58. The first-order valence-electron chi connectivity index (χ1n) is 6.30. The van der Waals surface area contributed by atoms with Gasteiger partial charge < -0.3 is 14.8 Å². The van der Waals surface area contributed by atoms with Crippen molar-refractivity contribution in [1.82, 2.24) is 0 Å². The fourth-order valence-corrected chi connectivity index (χ4v) is 1.63. The van der Waals surface area contributed by atoms with Gasteiger partial charge in [0.2, 0.25) is 0 Å². The maximum atomic E-state index is 11.1. The number of ether oxygens (including phenoxy) is 2. The summed E-state index contributed by atoms with van der Waals surface area (Å²) in [6.07, 6.45) is 0.826. The lowest BCUT2D eigenvalue weighted by Gasteiger charge is -2.08. The molecule has 20 heavy (non-hydrogen) atoms. The smallest absolute Gasteiger partial charge is 0.305 e. The van der Waals surface area contributed by atoms with Gasteiger partial charge >= 0.3 is 5.97 Å². The van der Waals surface area contributed by atoms with E-state index in [9.17, 15) is 14.9 Å². The zero-order valence-electron chi connectivity index (χ0n) is 11.5. The van der Waals surface area contributed by atoms with E-state index in [1.807, 2.05) is 0 Å². The van der Waals surface area contributed by atoms with Crippen LogP contribution in [0.2, 0.25) is 0 Å². The summed E-state index contributed by atoms with van der Waals surface area (Å²) in [5, 5.41) is 13.9. The van der Waals surface area contributed by atoms with Crippen molar-refractivity contribution < 1.29 is 19.2 Å². The van der Waals surface area contributed by atoms with Crippen molar-refractivity contribution >= 4 is 17.3 Å².